The van der Waals surface area contributed by atoms with Crippen LogP contribution < -0.4 is 0 Å². The van der Waals surface area contributed by atoms with Crippen molar-refractivity contribution >= 4 is 5.78 Å². The summed E-state index contributed by atoms with van der Waals surface area (Å²) in [6.45, 7) is 3.28. The zero-order valence-corrected chi connectivity index (χ0v) is 6.53. The van der Waals surface area contributed by atoms with Gasteiger partial charge in [-0.15, -0.1) is 0 Å². The van der Waals surface area contributed by atoms with Gasteiger partial charge in [-0.05, 0) is 17.7 Å². The summed E-state index contributed by atoms with van der Waals surface area (Å²) >= 11 is 0. The summed E-state index contributed by atoms with van der Waals surface area (Å²) in [7, 11) is 0. The van der Waals surface area contributed by atoms with Crippen LogP contribution in [0.4, 0.5) is 0 Å². The first-order chi connectivity index (χ1) is 5.75. The predicted molar refractivity (Wildman–Crippen MR) is 45.4 cm³/mol. The van der Waals surface area contributed by atoms with Gasteiger partial charge in [0, 0.05) is 0 Å². The third-order valence-electron chi connectivity index (χ3n) is 1.50. The maximum absolute atomic E-state index is 10.9. The Morgan fingerprint density at radius 2 is 2.42 bits per heavy atom. The van der Waals surface area contributed by atoms with E-state index in [9.17, 15) is 9.90 Å². The van der Waals surface area contributed by atoms with Crippen LogP contribution in [0.5, 0.6) is 0 Å². The Morgan fingerprint density at radius 1 is 1.67 bits per heavy atom. The number of ketones is 1. The number of hydrogen-bond acceptors (Lipinski definition) is 2. The lowest BCUT2D eigenvalue weighted by atomic mass is 10.1. The molecule has 0 amide bonds. The van der Waals surface area contributed by atoms with Crippen molar-refractivity contribution in [3.8, 4) is 0 Å². The number of carbonyl (C=O) groups excluding carboxylic acids is 1. The van der Waals surface area contributed by atoms with E-state index < -0.39 is 11.9 Å². The topological polar surface area (TPSA) is 37.3 Å². The molecule has 1 rings (SSSR count). The van der Waals surface area contributed by atoms with Crippen molar-refractivity contribution in [2.45, 2.75) is 6.10 Å². The minimum absolute atomic E-state index is 0.405. The Hall–Kier alpha value is -1.41. The molecular formula is C10H9O2. The van der Waals surface area contributed by atoms with Crippen molar-refractivity contribution in [1.82, 2.24) is 0 Å². The van der Waals surface area contributed by atoms with Crippen LogP contribution in [0.2, 0.25) is 0 Å². The van der Waals surface area contributed by atoms with Crippen LogP contribution in [0.15, 0.2) is 36.9 Å². The first kappa shape index (κ1) is 8.68. The molecule has 1 aromatic carbocycles. The third-order valence-corrected chi connectivity index (χ3v) is 1.50. The van der Waals surface area contributed by atoms with Crippen molar-refractivity contribution in [2.24, 2.45) is 0 Å². The van der Waals surface area contributed by atoms with E-state index in [1.54, 1.807) is 24.3 Å². The van der Waals surface area contributed by atoms with E-state index in [0.29, 0.717) is 5.56 Å². The number of hydrogen-bond donors (Lipinski definition) is 1. The van der Waals surface area contributed by atoms with Crippen molar-refractivity contribution in [1.29, 1.82) is 0 Å². The quantitative estimate of drug-likeness (QED) is 0.678. The molecule has 0 bridgehead atoms. The Labute approximate surface area is 71.2 Å². The van der Waals surface area contributed by atoms with Crippen LogP contribution >= 0.6 is 0 Å². The molecule has 61 valence electrons. The SMILES string of the molecule is C=CC(=O)C(O)c1[c]cccc1. The van der Waals surface area contributed by atoms with Gasteiger partial charge in [-0.3, -0.25) is 4.79 Å². The summed E-state index contributed by atoms with van der Waals surface area (Å²) in [5, 5.41) is 9.34. The molecule has 0 saturated heterocycles. The molecule has 1 N–H and O–H groups in total. The smallest absolute Gasteiger partial charge is 0.188 e. The molecule has 12 heavy (non-hydrogen) atoms. The zero-order chi connectivity index (χ0) is 8.97. The average Bonchev–Trinajstić information content (AvgIpc) is 2.17. The van der Waals surface area contributed by atoms with Gasteiger partial charge in [0.2, 0.25) is 0 Å². The van der Waals surface area contributed by atoms with Crippen molar-refractivity contribution in [3.63, 3.8) is 0 Å². The van der Waals surface area contributed by atoms with Gasteiger partial charge in [0.05, 0.1) is 0 Å². The minimum atomic E-state index is -1.12. The maximum atomic E-state index is 10.9. The van der Waals surface area contributed by atoms with Gasteiger partial charge >= 0.3 is 0 Å². The molecule has 0 spiro atoms. The van der Waals surface area contributed by atoms with Crippen LogP contribution in [-0.2, 0) is 4.79 Å². The Balaban J connectivity index is 2.85. The van der Waals surface area contributed by atoms with Crippen LogP contribution in [-0.4, -0.2) is 10.9 Å². The first-order valence-corrected chi connectivity index (χ1v) is 3.56. The molecule has 0 saturated carbocycles. The van der Waals surface area contributed by atoms with Gasteiger partial charge in [-0.2, -0.15) is 0 Å². The fourth-order valence-corrected chi connectivity index (χ4v) is 0.842. The lowest BCUT2D eigenvalue weighted by molar-refractivity contribution is -0.122. The van der Waals surface area contributed by atoms with Gasteiger partial charge in [-0.25, -0.2) is 0 Å². The number of aliphatic hydroxyl groups is 1. The highest BCUT2D eigenvalue weighted by atomic mass is 16.3. The highest BCUT2D eigenvalue weighted by Gasteiger charge is 2.12. The molecule has 1 radical (unpaired) electrons. The highest BCUT2D eigenvalue weighted by molar-refractivity contribution is 5.93. The molecule has 0 aliphatic carbocycles. The van der Waals surface area contributed by atoms with Crippen molar-refractivity contribution in [2.75, 3.05) is 0 Å². The van der Waals surface area contributed by atoms with Gasteiger partial charge in [0.25, 0.3) is 0 Å². The summed E-state index contributed by atoms with van der Waals surface area (Å²) < 4.78 is 0. The van der Waals surface area contributed by atoms with Gasteiger partial charge in [0.1, 0.15) is 6.10 Å². The molecule has 0 aliphatic rings. The van der Waals surface area contributed by atoms with E-state index in [1.165, 1.54) is 0 Å². The second kappa shape index (κ2) is 3.83. The summed E-state index contributed by atoms with van der Waals surface area (Å²) in [4.78, 5) is 10.9. The summed E-state index contributed by atoms with van der Waals surface area (Å²) in [6.07, 6.45) is -0.0189. The van der Waals surface area contributed by atoms with E-state index in [-0.39, 0.29) is 0 Å². The van der Waals surface area contributed by atoms with E-state index in [4.69, 9.17) is 0 Å². The normalized spacial score (nSPS) is 12.1. The van der Waals surface area contributed by atoms with E-state index in [1.807, 2.05) is 0 Å². The van der Waals surface area contributed by atoms with Crippen LogP contribution in [0.3, 0.4) is 0 Å². The molecule has 2 nitrogen and oxygen atoms in total. The third kappa shape index (κ3) is 1.80. The first-order valence-electron chi connectivity index (χ1n) is 3.56. The number of benzene rings is 1. The highest BCUT2D eigenvalue weighted by Crippen LogP contribution is 2.12. The lowest BCUT2D eigenvalue weighted by Crippen LogP contribution is -2.08. The Bertz CT molecular complexity index is 277. The van der Waals surface area contributed by atoms with Gasteiger partial charge in [-0.1, -0.05) is 30.8 Å². The summed E-state index contributed by atoms with van der Waals surface area (Å²) in [5.74, 6) is -0.405. The van der Waals surface area contributed by atoms with Crippen LogP contribution in [0.25, 0.3) is 0 Å². The molecule has 0 fully saturated rings. The largest absolute Gasteiger partial charge is 0.380 e. The zero-order valence-electron chi connectivity index (χ0n) is 6.53. The van der Waals surface area contributed by atoms with Crippen molar-refractivity contribution < 1.29 is 9.90 Å². The fraction of sp³-hybridized carbons (Fsp3) is 0.100. The standard InChI is InChI=1S/C10H9O2/c1-2-9(11)10(12)8-6-4-3-5-7-8/h2-6,10,12H,1H2. The molecule has 1 unspecified atom stereocenters. The van der Waals surface area contributed by atoms with Crippen LogP contribution in [0.1, 0.15) is 11.7 Å². The monoisotopic (exact) mass is 161 g/mol. The predicted octanol–water partition coefficient (Wildman–Crippen LogP) is 1.28. The Morgan fingerprint density at radius 3 is 2.92 bits per heavy atom. The summed E-state index contributed by atoms with van der Waals surface area (Å²) in [6, 6.07) is 9.57. The summed E-state index contributed by atoms with van der Waals surface area (Å²) in [5.41, 5.74) is 0.474. The molecule has 0 aliphatic heterocycles. The molecule has 0 heterocycles. The lowest BCUT2D eigenvalue weighted by Gasteiger charge is -2.04. The van der Waals surface area contributed by atoms with Gasteiger partial charge < -0.3 is 5.11 Å². The Kier molecular flexibility index (Phi) is 2.77. The number of aliphatic hydroxyl groups excluding tert-OH is 1. The average molecular weight is 161 g/mol. The maximum Gasteiger partial charge on any atom is 0.188 e. The van der Waals surface area contributed by atoms with E-state index >= 15 is 0 Å². The van der Waals surface area contributed by atoms with E-state index in [0.717, 1.165) is 6.08 Å². The molecular weight excluding hydrogens is 152 g/mol. The molecule has 0 aromatic heterocycles. The second-order valence-electron chi connectivity index (χ2n) is 2.33. The van der Waals surface area contributed by atoms with E-state index in [2.05, 4.69) is 12.6 Å². The van der Waals surface area contributed by atoms with Gasteiger partial charge in [0.15, 0.2) is 5.78 Å². The van der Waals surface area contributed by atoms with Crippen molar-refractivity contribution in [3.05, 3.63) is 48.6 Å². The molecule has 1 aromatic rings. The number of rotatable bonds is 3. The minimum Gasteiger partial charge on any atom is -0.380 e. The fourth-order valence-electron chi connectivity index (χ4n) is 0.842. The molecule has 1 atom stereocenters. The van der Waals surface area contributed by atoms with Crippen LogP contribution in [0, 0.1) is 6.07 Å². The second-order valence-corrected chi connectivity index (χ2v) is 2.33. The number of carbonyl (C=O) groups is 1. The molecule has 2 heteroatoms.